The molecule has 2 aromatic carbocycles. The number of carbonyl (C=O) groups excluding carboxylic acids is 2. The maximum atomic E-state index is 13.0. The molecule has 0 spiro atoms. The van der Waals surface area contributed by atoms with Gasteiger partial charge in [0.15, 0.2) is 0 Å². The number of carbonyl (C=O) groups is 2. The summed E-state index contributed by atoms with van der Waals surface area (Å²) in [6.45, 7) is 2.79. The van der Waals surface area contributed by atoms with Crippen molar-refractivity contribution in [2.24, 2.45) is 0 Å². The molecule has 37 heavy (non-hydrogen) atoms. The second-order valence-corrected chi connectivity index (χ2v) is 8.64. The minimum Gasteiger partial charge on any atom is -0.439 e. The lowest BCUT2D eigenvalue weighted by Gasteiger charge is -2.32. The number of likely N-dealkylation sites (N-methyl/N-ethyl adjacent to an activating group) is 1. The summed E-state index contributed by atoms with van der Waals surface area (Å²) in [7, 11) is 2.00. The van der Waals surface area contributed by atoms with Gasteiger partial charge >= 0.3 is 12.2 Å². The van der Waals surface area contributed by atoms with Crippen LogP contribution in [0.3, 0.4) is 0 Å². The summed E-state index contributed by atoms with van der Waals surface area (Å²) in [5, 5.41) is 4.39. The van der Waals surface area contributed by atoms with Crippen LogP contribution >= 0.6 is 11.6 Å². The van der Waals surface area contributed by atoms with Crippen molar-refractivity contribution in [3.05, 3.63) is 71.1 Å². The van der Waals surface area contributed by atoms with Crippen LogP contribution in [-0.2, 0) is 6.18 Å². The van der Waals surface area contributed by atoms with Crippen molar-refractivity contribution in [1.82, 2.24) is 19.8 Å². The number of alkyl halides is 3. The van der Waals surface area contributed by atoms with E-state index in [9.17, 15) is 22.8 Å². The fourth-order valence-electron chi connectivity index (χ4n) is 3.52. The molecule has 194 valence electrons. The van der Waals surface area contributed by atoms with Crippen LogP contribution in [0.4, 0.5) is 29.3 Å². The van der Waals surface area contributed by atoms with Gasteiger partial charge in [0, 0.05) is 43.6 Å². The molecule has 3 amide bonds. The number of rotatable bonds is 5. The van der Waals surface area contributed by atoms with Crippen LogP contribution < -0.4 is 15.4 Å². The lowest BCUT2D eigenvalue weighted by molar-refractivity contribution is -0.137. The third kappa shape index (κ3) is 6.86. The van der Waals surface area contributed by atoms with E-state index in [1.54, 1.807) is 17.0 Å². The first kappa shape index (κ1) is 26.2. The zero-order valence-electron chi connectivity index (χ0n) is 19.6. The molecule has 1 fully saturated rings. The third-order valence-electron chi connectivity index (χ3n) is 5.52. The number of urea groups is 1. The summed E-state index contributed by atoms with van der Waals surface area (Å²) in [4.78, 5) is 36.9. The Kier molecular flexibility index (Phi) is 7.79. The monoisotopic (exact) mass is 534 g/mol. The van der Waals surface area contributed by atoms with Crippen LogP contribution in [0.2, 0.25) is 5.02 Å². The van der Waals surface area contributed by atoms with Gasteiger partial charge in [-0.2, -0.15) is 13.2 Å². The van der Waals surface area contributed by atoms with E-state index >= 15 is 0 Å². The molecule has 9 nitrogen and oxygen atoms in total. The molecule has 3 aromatic rings. The molecule has 4 rings (SSSR count). The molecule has 0 saturated carbocycles. The van der Waals surface area contributed by atoms with Gasteiger partial charge in [-0.1, -0.05) is 11.6 Å². The Labute approximate surface area is 215 Å². The fraction of sp³-hybridized carbons (Fsp3) is 0.250. The average Bonchev–Trinajstić information content (AvgIpc) is 2.86. The van der Waals surface area contributed by atoms with Gasteiger partial charge in [0.05, 0.1) is 10.6 Å². The molecular weight excluding hydrogens is 513 g/mol. The summed E-state index contributed by atoms with van der Waals surface area (Å²) < 4.78 is 44.7. The number of benzene rings is 2. The molecule has 0 unspecified atom stereocenters. The summed E-state index contributed by atoms with van der Waals surface area (Å²) in [6, 6.07) is 9.98. The van der Waals surface area contributed by atoms with E-state index < -0.39 is 22.8 Å². The summed E-state index contributed by atoms with van der Waals surface area (Å²) in [6.07, 6.45) is -3.40. The predicted molar refractivity (Wildman–Crippen MR) is 131 cm³/mol. The number of aromatic nitrogens is 2. The first-order valence-electron chi connectivity index (χ1n) is 11.1. The van der Waals surface area contributed by atoms with Gasteiger partial charge in [0.2, 0.25) is 5.88 Å². The Hall–Kier alpha value is -3.90. The van der Waals surface area contributed by atoms with Gasteiger partial charge in [-0.05, 0) is 49.5 Å². The molecule has 2 N–H and O–H groups in total. The zero-order chi connectivity index (χ0) is 26.6. The van der Waals surface area contributed by atoms with Crippen molar-refractivity contribution < 1.29 is 27.5 Å². The van der Waals surface area contributed by atoms with Crippen LogP contribution in [0.5, 0.6) is 11.6 Å². The largest absolute Gasteiger partial charge is 0.439 e. The van der Waals surface area contributed by atoms with E-state index in [0.29, 0.717) is 24.5 Å². The van der Waals surface area contributed by atoms with Gasteiger partial charge in [0.1, 0.15) is 17.8 Å². The zero-order valence-corrected chi connectivity index (χ0v) is 20.3. The molecule has 1 aliphatic rings. The lowest BCUT2D eigenvalue weighted by atomic mass is 10.2. The molecular formula is C24H22ClF3N6O3. The number of hydrogen-bond acceptors (Lipinski definition) is 6. The van der Waals surface area contributed by atoms with Crippen LogP contribution in [0.15, 0.2) is 54.9 Å². The quantitative estimate of drug-likeness (QED) is 0.479. The Bertz CT molecular complexity index is 1280. The number of hydrogen-bond donors (Lipinski definition) is 2. The van der Waals surface area contributed by atoms with Crippen LogP contribution in [0, 0.1) is 0 Å². The highest BCUT2D eigenvalue weighted by atomic mass is 35.5. The summed E-state index contributed by atoms with van der Waals surface area (Å²) in [5.41, 5.74) is -0.532. The second kappa shape index (κ2) is 11.0. The first-order valence-corrected chi connectivity index (χ1v) is 11.5. The Balaban J connectivity index is 1.35. The van der Waals surface area contributed by atoms with Crippen molar-refractivity contribution in [2.75, 3.05) is 43.9 Å². The summed E-state index contributed by atoms with van der Waals surface area (Å²) in [5.74, 6) is 0.360. The van der Waals surface area contributed by atoms with E-state index in [-0.39, 0.29) is 23.2 Å². The molecule has 0 bridgehead atoms. The molecule has 0 radical (unpaired) electrons. The summed E-state index contributed by atoms with van der Waals surface area (Å²) >= 11 is 5.60. The smallest absolute Gasteiger partial charge is 0.417 e. The molecule has 1 saturated heterocycles. The number of ether oxygens (including phenoxy) is 1. The molecule has 0 atom stereocenters. The minimum atomic E-state index is -4.65. The van der Waals surface area contributed by atoms with E-state index in [1.807, 2.05) is 7.05 Å². The SMILES string of the molecule is CN1CCN(C(=O)c2cc(Oc3ccc(NC(=O)Nc4ccc(Cl)c(C(F)(F)F)c4)cc3)ncn2)CC1. The normalized spacial score (nSPS) is 14.2. The van der Waals surface area contributed by atoms with Gasteiger partial charge < -0.3 is 25.2 Å². The standard InChI is InChI=1S/C24H22ClF3N6O3/c1-33-8-10-34(11-9-33)22(35)20-13-21(30-14-29-20)37-17-5-2-15(3-6-17)31-23(36)32-16-4-7-19(25)18(12-16)24(26,27)28/h2-7,12-14H,8-11H2,1H3,(H2,31,32,36). The van der Waals surface area contributed by atoms with Crippen LogP contribution in [0.25, 0.3) is 0 Å². The van der Waals surface area contributed by atoms with Crippen molar-refractivity contribution in [1.29, 1.82) is 0 Å². The van der Waals surface area contributed by atoms with Crippen LogP contribution in [-0.4, -0.2) is 64.9 Å². The third-order valence-corrected chi connectivity index (χ3v) is 5.85. The molecule has 1 aliphatic heterocycles. The second-order valence-electron chi connectivity index (χ2n) is 8.23. The Morgan fingerprint density at radius 1 is 0.946 bits per heavy atom. The molecule has 1 aromatic heterocycles. The predicted octanol–water partition coefficient (Wildman–Crippen LogP) is 4.97. The maximum absolute atomic E-state index is 13.0. The van der Waals surface area contributed by atoms with Gasteiger partial charge in [-0.3, -0.25) is 4.79 Å². The highest BCUT2D eigenvalue weighted by molar-refractivity contribution is 6.31. The van der Waals surface area contributed by atoms with Gasteiger partial charge in [0.25, 0.3) is 5.91 Å². The Morgan fingerprint density at radius 2 is 1.59 bits per heavy atom. The van der Waals surface area contributed by atoms with Gasteiger partial charge in [-0.25, -0.2) is 14.8 Å². The highest BCUT2D eigenvalue weighted by Gasteiger charge is 2.33. The lowest BCUT2D eigenvalue weighted by Crippen LogP contribution is -2.47. The first-order chi connectivity index (χ1) is 17.6. The van der Waals surface area contributed by atoms with Crippen molar-refractivity contribution in [2.45, 2.75) is 6.18 Å². The average molecular weight is 535 g/mol. The van der Waals surface area contributed by atoms with Crippen molar-refractivity contribution in [3.8, 4) is 11.6 Å². The molecule has 2 heterocycles. The number of amides is 3. The van der Waals surface area contributed by atoms with E-state index in [1.165, 1.54) is 30.6 Å². The maximum Gasteiger partial charge on any atom is 0.417 e. The highest BCUT2D eigenvalue weighted by Crippen LogP contribution is 2.36. The van der Waals surface area contributed by atoms with Gasteiger partial charge in [-0.15, -0.1) is 0 Å². The van der Waals surface area contributed by atoms with Crippen molar-refractivity contribution >= 4 is 34.9 Å². The fourth-order valence-corrected chi connectivity index (χ4v) is 3.75. The number of piperazine rings is 1. The number of nitrogens with one attached hydrogen (secondary N) is 2. The van der Waals surface area contributed by atoms with E-state index in [0.717, 1.165) is 25.2 Å². The number of nitrogens with zero attached hydrogens (tertiary/aromatic N) is 4. The topological polar surface area (TPSA) is 99.7 Å². The molecule has 13 heteroatoms. The van der Waals surface area contributed by atoms with E-state index in [2.05, 4.69) is 25.5 Å². The van der Waals surface area contributed by atoms with Crippen LogP contribution in [0.1, 0.15) is 16.1 Å². The van der Waals surface area contributed by atoms with Crippen molar-refractivity contribution in [3.63, 3.8) is 0 Å². The Morgan fingerprint density at radius 3 is 2.27 bits per heavy atom. The minimum absolute atomic E-state index is 0.0696. The molecule has 0 aliphatic carbocycles. The number of halogens is 4. The van der Waals surface area contributed by atoms with E-state index in [4.69, 9.17) is 16.3 Å². The number of anilines is 2.